The van der Waals surface area contributed by atoms with Gasteiger partial charge in [-0.2, -0.15) is 5.10 Å². The van der Waals surface area contributed by atoms with E-state index in [1.165, 1.54) is 31.5 Å². The van der Waals surface area contributed by atoms with Crippen LogP contribution in [0.25, 0.3) is 0 Å². The Labute approximate surface area is 183 Å². The van der Waals surface area contributed by atoms with Crippen molar-refractivity contribution in [3.05, 3.63) is 87.4 Å². The molecule has 160 valence electrons. The lowest BCUT2D eigenvalue weighted by Crippen LogP contribution is -2.14. The molecule has 3 aromatic carbocycles. The van der Waals surface area contributed by atoms with E-state index in [2.05, 4.69) is 15.2 Å². The van der Waals surface area contributed by atoms with Gasteiger partial charge in [-0.3, -0.25) is 20.3 Å². The first kappa shape index (κ1) is 22.1. The molecular weight excluding hydrogens is 444 g/mol. The number of nitro benzene ring substituents is 1. The Balaban J connectivity index is 1.85. The van der Waals surface area contributed by atoms with Crippen molar-refractivity contribution in [3.63, 3.8) is 0 Å². The summed E-state index contributed by atoms with van der Waals surface area (Å²) in [5.41, 5.74) is 3.08. The molecule has 0 aliphatic heterocycles. The highest BCUT2D eigenvalue weighted by molar-refractivity contribution is 7.92. The molecule has 0 fully saturated rings. The maximum atomic E-state index is 12.7. The quantitative estimate of drug-likeness (QED) is 0.290. The lowest BCUT2D eigenvalue weighted by Gasteiger charge is -2.12. The van der Waals surface area contributed by atoms with Crippen LogP contribution in [-0.4, -0.2) is 26.7 Å². The Bertz CT molecular complexity index is 1230. The van der Waals surface area contributed by atoms with Crippen LogP contribution in [0.15, 0.2) is 76.7 Å². The summed E-state index contributed by atoms with van der Waals surface area (Å²) < 4.78 is 33.0. The summed E-state index contributed by atoms with van der Waals surface area (Å²) >= 11 is 5.82. The van der Waals surface area contributed by atoms with Crippen LogP contribution < -0.4 is 14.9 Å². The number of halogens is 1. The van der Waals surface area contributed by atoms with Gasteiger partial charge in [0.15, 0.2) is 0 Å². The van der Waals surface area contributed by atoms with Gasteiger partial charge in [-0.1, -0.05) is 35.9 Å². The molecule has 0 saturated carbocycles. The van der Waals surface area contributed by atoms with E-state index in [0.717, 1.165) is 11.6 Å². The summed E-state index contributed by atoms with van der Waals surface area (Å²) in [6.45, 7) is 0. The SMILES string of the molecule is COc1ccccc1NS(=O)(=O)c1ccc(N/N=C/c2ccc(Cl)cc2)c([N+](=O)[O-])c1. The van der Waals surface area contributed by atoms with Crippen molar-refractivity contribution in [3.8, 4) is 5.75 Å². The molecule has 0 radical (unpaired) electrons. The minimum atomic E-state index is -4.10. The number of nitro groups is 1. The van der Waals surface area contributed by atoms with Gasteiger partial charge in [0, 0.05) is 11.1 Å². The fourth-order valence-corrected chi connectivity index (χ4v) is 3.80. The second-order valence-corrected chi connectivity index (χ2v) is 8.28. The molecule has 0 unspecified atom stereocenters. The van der Waals surface area contributed by atoms with Crippen LogP contribution in [0, 0.1) is 10.1 Å². The molecule has 3 rings (SSSR count). The zero-order chi connectivity index (χ0) is 22.4. The Hall–Kier alpha value is -3.63. The predicted molar refractivity (Wildman–Crippen MR) is 120 cm³/mol. The Kier molecular flexibility index (Phi) is 6.73. The van der Waals surface area contributed by atoms with Crippen molar-refractivity contribution < 1.29 is 18.1 Å². The Morgan fingerprint density at radius 1 is 1.06 bits per heavy atom. The summed E-state index contributed by atoms with van der Waals surface area (Å²) in [6.07, 6.45) is 1.45. The van der Waals surface area contributed by atoms with Gasteiger partial charge in [-0.15, -0.1) is 0 Å². The van der Waals surface area contributed by atoms with Gasteiger partial charge in [0.05, 0.1) is 28.8 Å². The summed E-state index contributed by atoms with van der Waals surface area (Å²) in [4.78, 5) is 10.5. The zero-order valence-corrected chi connectivity index (χ0v) is 17.7. The molecular formula is C20H17ClN4O5S. The molecule has 0 atom stereocenters. The van der Waals surface area contributed by atoms with E-state index in [-0.39, 0.29) is 16.3 Å². The molecule has 11 heteroatoms. The van der Waals surface area contributed by atoms with Crippen LogP contribution >= 0.6 is 11.6 Å². The smallest absolute Gasteiger partial charge is 0.295 e. The molecule has 0 spiro atoms. The van der Waals surface area contributed by atoms with E-state index in [9.17, 15) is 18.5 Å². The van der Waals surface area contributed by atoms with Crippen molar-refractivity contribution in [1.29, 1.82) is 0 Å². The molecule has 0 aromatic heterocycles. The number of hydrogen-bond acceptors (Lipinski definition) is 7. The van der Waals surface area contributed by atoms with Crippen LogP contribution in [0.1, 0.15) is 5.56 Å². The van der Waals surface area contributed by atoms with Crippen LogP contribution in [0.4, 0.5) is 17.1 Å². The molecule has 0 saturated heterocycles. The number of sulfonamides is 1. The highest BCUT2D eigenvalue weighted by Gasteiger charge is 2.22. The number of anilines is 2. The van der Waals surface area contributed by atoms with Gasteiger partial charge in [0.1, 0.15) is 11.4 Å². The average molecular weight is 461 g/mol. The minimum Gasteiger partial charge on any atom is -0.495 e. The summed E-state index contributed by atoms with van der Waals surface area (Å²) in [5, 5.41) is 16.0. The number of para-hydroxylation sites is 2. The van der Waals surface area contributed by atoms with E-state index < -0.39 is 20.6 Å². The average Bonchev–Trinajstić information content (AvgIpc) is 2.75. The first-order valence-corrected chi connectivity index (χ1v) is 10.7. The topological polar surface area (TPSA) is 123 Å². The van der Waals surface area contributed by atoms with Crippen LogP contribution in [0.3, 0.4) is 0 Å². The maximum Gasteiger partial charge on any atom is 0.295 e. The third-order valence-corrected chi connectivity index (χ3v) is 5.71. The third kappa shape index (κ3) is 5.50. The lowest BCUT2D eigenvalue weighted by atomic mass is 10.2. The highest BCUT2D eigenvalue weighted by Crippen LogP contribution is 2.30. The number of methoxy groups -OCH3 is 1. The summed E-state index contributed by atoms with van der Waals surface area (Å²) in [6, 6.07) is 16.7. The lowest BCUT2D eigenvalue weighted by molar-refractivity contribution is -0.384. The number of benzene rings is 3. The zero-order valence-electron chi connectivity index (χ0n) is 16.2. The molecule has 2 N–H and O–H groups in total. The second-order valence-electron chi connectivity index (χ2n) is 6.16. The monoisotopic (exact) mass is 460 g/mol. The normalized spacial score (nSPS) is 11.3. The molecule has 0 aliphatic rings. The number of hydrazone groups is 1. The predicted octanol–water partition coefficient (Wildman–Crippen LogP) is 4.50. The standard InChI is InChI=1S/C20H17ClN4O5S/c1-30-20-5-3-2-4-18(20)24-31(28,29)16-10-11-17(19(12-16)25(26)27)23-22-13-14-6-8-15(21)9-7-14/h2-13,23-24H,1H3/b22-13+. The largest absolute Gasteiger partial charge is 0.495 e. The minimum absolute atomic E-state index is 0.0338. The Morgan fingerprint density at radius 3 is 2.45 bits per heavy atom. The van der Waals surface area contributed by atoms with Crippen molar-refractivity contribution in [2.75, 3.05) is 17.3 Å². The van der Waals surface area contributed by atoms with Gasteiger partial charge in [-0.25, -0.2) is 8.42 Å². The van der Waals surface area contributed by atoms with E-state index in [4.69, 9.17) is 16.3 Å². The van der Waals surface area contributed by atoms with Crippen molar-refractivity contribution in [1.82, 2.24) is 0 Å². The maximum absolute atomic E-state index is 12.7. The second kappa shape index (κ2) is 9.45. The number of rotatable bonds is 8. The molecule has 0 amide bonds. The number of ether oxygens (including phenoxy) is 1. The molecule has 31 heavy (non-hydrogen) atoms. The van der Waals surface area contributed by atoms with E-state index >= 15 is 0 Å². The molecule has 9 nitrogen and oxygen atoms in total. The van der Waals surface area contributed by atoms with Crippen molar-refractivity contribution in [2.24, 2.45) is 5.10 Å². The molecule has 0 bridgehead atoms. The van der Waals surface area contributed by atoms with Crippen LogP contribution in [0.2, 0.25) is 5.02 Å². The van der Waals surface area contributed by atoms with E-state index in [1.807, 2.05) is 0 Å². The van der Waals surface area contributed by atoms with Gasteiger partial charge in [-0.05, 0) is 42.0 Å². The van der Waals surface area contributed by atoms with Crippen LogP contribution in [0.5, 0.6) is 5.75 Å². The number of hydrogen-bond donors (Lipinski definition) is 2. The Morgan fingerprint density at radius 2 is 1.77 bits per heavy atom. The molecule has 0 heterocycles. The fraction of sp³-hybridized carbons (Fsp3) is 0.0500. The highest BCUT2D eigenvalue weighted by atomic mass is 35.5. The molecule has 3 aromatic rings. The van der Waals surface area contributed by atoms with E-state index in [1.54, 1.807) is 42.5 Å². The van der Waals surface area contributed by atoms with Crippen molar-refractivity contribution >= 4 is 44.9 Å². The summed E-state index contributed by atoms with van der Waals surface area (Å²) in [7, 11) is -2.69. The number of nitrogens with one attached hydrogen (secondary N) is 2. The van der Waals surface area contributed by atoms with Gasteiger partial charge >= 0.3 is 0 Å². The van der Waals surface area contributed by atoms with Crippen LogP contribution in [-0.2, 0) is 10.0 Å². The fourth-order valence-electron chi connectivity index (χ4n) is 2.58. The van der Waals surface area contributed by atoms with Gasteiger partial charge in [0.25, 0.3) is 15.7 Å². The molecule has 0 aliphatic carbocycles. The van der Waals surface area contributed by atoms with Gasteiger partial charge in [0.2, 0.25) is 0 Å². The van der Waals surface area contributed by atoms with E-state index in [0.29, 0.717) is 10.8 Å². The summed E-state index contributed by atoms with van der Waals surface area (Å²) in [5.74, 6) is 0.315. The number of nitrogens with zero attached hydrogens (tertiary/aromatic N) is 2. The van der Waals surface area contributed by atoms with Gasteiger partial charge < -0.3 is 4.74 Å². The van der Waals surface area contributed by atoms with Crippen molar-refractivity contribution in [2.45, 2.75) is 4.90 Å². The first-order valence-electron chi connectivity index (χ1n) is 8.79. The third-order valence-electron chi connectivity index (χ3n) is 4.10. The first-order chi connectivity index (χ1) is 14.8.